The van der Waals surface area contributed by atoms with Gasteiger partial charge in [0.15, 0.2) is 0 Å². The van der Waals surface area contributed by atoms with E-state index in [0.29, 0.717) is 18.5 Å². The van der Waals surface area contributed by atoms with E-state index >= 15 is 0 Å². The molecular formula is C21H25F3N2O2S. The summed E-state index contributed by atoms with van der Waals surface area (Å²) < 4.78 is 67.9. The predicted molar refractivity (Wildman–Crippen MR) is 106 cm³/mol. The van der Waals surface area contributed by atoms with Crippen LogP contribution >= 0.6 is 0 Å². The molecule has 8 heteroatoms. The molecule has 0 aliphatic carbocycles. The molecule has 2 aromatic carbocycles. The van der Waals surface area contributed by atoms with Gasteiger partial charge in [0.1, 0.15) is 0 Å². The minimum absolute atomic E-state index is 0.223. The van der Waals surface area contributed by atoms with E-state index < -0.39 is 27.5 Å². The number of hydrogen-bond acceptors (Lipinski definition) is 2. The maximum absolute atomic E-state index is 13.2. The first-order chi connectivity index (χ1) is 13.4. The third-order valence-electron chi connectivity index (χ3n) is 5.04. The summed E-state index contributed by atoms with van der Waals surface area (Å²) in [6.45, 7) is 6.03. The third-order valence-corrected chi connectivity index (χ3v) is 7.31. The molecule has 0 bridgehead atoms. The Kier molecular flexibility index (Phi) is 5.82. The van der Waals surface area contributed by atoms with Gasteiger partial charge in [-0.05, 0) is 50.5 Å². The van der Waals surface area contributed by atoms with Crippen molar-refractivity contribution in [2.75, 3.05) is 6.54 Å². The van der Waals surface area contributed by atoms with Crippen LogP contribution in [0.4, 0.5) is 13.2 Å². The molecule has 0 amide bonds. The molecule has 29 heavy (non-hydrogen) atoms. The van der Waals surface area contributed by atoms with E-state index in [1.54, 1.807) is 0 Å². The van der Waals surface area contributed by atoms with Gasteiger partial charge in [-0.1, -0.05) is 42.5 Å². The molecule has 0 unspecified atom stereocenters. The Hall–Kier alpha value is -1.90. The molecule has 0 saturated carbocycles. The topological polar surface area (TPSA) is 40.6 Å². The fourth-order valence-corrected chi connectivity index (χ4v) is 5.69. The van der Waals surface area contributed by atoms with Crippen LogP contribution < -0.4 is 0 Å². The highest BCUT2D eigenvalue weighted by molar-refractivity contribution is 7.87. The highest BCUT2D eigenvalue weighted by Gasteiger charge is 2.48. The van der Waals surface area contributed by atoms with Crippen LogP contribution in [0.1, 0.15) is 37.5 Å². The Bertz CT molecular complexity index is 937. The van der Waals surface area contributed by atoms with E-state index in [1.165, 1.54) is 20.7 Å². The normalized spacial score (nSPS) is 20.8. The zero-order chi connectivity index (χ0) is 21.4. The van der Waals surface area contributed by atoms with Crippen molar-refractivity contribution in [3.8, 4) is 0 Å². The van der Waals surface area contributed by atoms with Gasteiger partial charge in [-0.15, -0.1) is 0 Å². The number of alkyl halides is 3. The smallest absolute Gasteiger partial charge is 0.195 e. The van der Waals surface area contributed by atoms with Gasteiger partial charge < -0.3 is 0 Å². The summed E-state index contributed by atoms with van der Waals surface area (Å²) in [6.07, 6.45) is -4.05. The van der Waals surface area contributed by atoms with Crippen LogP contribution in [0.5, 0.6) is 0 Å². The molecule has 2 aromatic rings. The SMILES string of the molecule is CC(C)(C)N1C[C@H](Cc2ccc(C(F)(F)F)cc2)N(Cc2ccccc2)S1(=O)=O. The van der Waals surface area contributed by atoms with Crippen molar-refractivity contribution in [3.05, 3.63) is 71.3 Å². The van der Waals surface area contributed by atoms with Crippen LogP contribution in [-0.4, -0.2) is 35.2 Å². The second-order valence-electron chi connectivity index (χ2n) is 8.29. The van der Waals surface area contributed by atoms with Gasteiger partial charge in [-0.3, -0.25) is 0 Å². The van der Waals surface area contributed by atoms with E-state index in [2.05, 4.69) is 0 Å². The quantitative estimate of drug-likeness (QED) is 0.723. The summed E-state index contributed by atoms with van der Waals surface area (Å²) in [5, 5.41) is 0. The van der Waals surface area contributed by atoms with Crippen molar-refractivity contribution < 1.29 is 21.6 Å². The largest absolute Gasteiger partial charge is 0.416 e. The lowest BCUT2D eigenvalue weighted by Crippen LogP contribution is -2.44. The number of benzene rings is 2. The maximum Gasteiger partial charge on any atom is 0.416 e. The van der Waals surface area contributed by atoms with E-state index in [4.69, 9.17) is 0 Å². The van der Waals surface area contributed by atoms with Gasteiger partial charge in [-0.25, -0.2) is 0 Å². The van der Waals surface area contributed by atoms with Crippen molar-refractivity contribution in [3.63, 3.8) is 0 Å². The van der Waals surface area contributed by atoms with Crippen LogP contribution in [0.2, 0.25) is 0 Å². The van der Waals surface area contributed by atoms with Crippen molar-refractivity contribution in [2.24, 2.45) is 0 Å². The second kappa shape index (κ2) is 7.74. The van der Waals surface area contributed by atoms with Crippen LogP contribution in [0, 0.1) is 0 Å². The van der Waals surface area contributed by atoms with Gasteiger partial charge in [0.2, 0.25) is 0 Å². The van der Waals surface area contributed by atoms with Crippen molar-refractivity contribution in [2.45, 2.75) is 51.5 Å². The van der Waals surface area contributed by atoms with E-state index in [0.717, 1.165) is 17.7 Å². The van der Waals surface area contributed by atoms with E-state index in [-0.39, 0.29) is 12.6 Å². The average molecular weight is 427 g/mol. The number of rotatable bonds is 4. The third kappa shape index (κ3) is 4.82. The maximum atomic E-state index is 13.2. The summed E-state index contributed by atoms with van der Waals surface area (Å²) in [7, 11) is -3.70. The summed E-state index contributed by atoms with van der Waals surface area (Å²) in [6, 6.07) is 13.9. The molecule has 158 valence electrons. The lowest BCUT2D eigenvalue weighted by atomic mass is 10.0. The minimum atomic E-state index is -4.39. The van der Waals surface area contributed by atoms with Crippen LogP contribution in [0.3, 0.4) is 0 Å². The van der Waals surface area contributed by atoms with Gasteiger partial charge in [-0.2, -0.15) is 30.2 Å². The molecular weight excluding hydrogens is 401 g/mol. The van der Waals surface area contributed by atoms with Crippen molar-refractivity contribution >= 4 is 10.2 Å². The molecule has 3 rings (SSSR count). The Balaban J connectivity index is 1.89. The van der Waals surface area contributed by atoms with E-state index in [1.807, 2.05) is 51.1 Å². The van der Waals surface area contributed by atoms with Gasteiger partial charge in [0.25, 0.3) is 10.2 Å². The zero-order valence-corrected chi connectivity index (χ0v) is 17.5. The molecule has 1 aliphatic heterocycles. The van der Waals surface area contributed by atoms with Crippen molar-refractivity contribution in [1.29, 1.82) is 0 Å². The number of halogens is 3. The predicted octanol–water partition coefficient (Wildman–Crippen LogP) is 4.48. The van der Waals surface area contributed by atoms with Gasteiger partial charge >= 0.3 is 6.18 Å². The molecule has 1 heterocycles. The van der Waals surface area contributed by atoms with Crippen LogP contribution in [0.15, 0.2) is 54.6 Å². The molecule has 0 N–H and O–H groups in total. The summed E-state index contributed by atoms with van der Waals surface area (Å²) in [5.74, 6) is 0. The molecule has 1 aliphatic rings. The zero-order valence-electron chi connectivity index (χ0n) is 16.6. The minimum Gasteiger partial charge on any atom is -0.195 e. The first-order valence-electron chi connectivity index (χ1n) is 9.39. The molecule has 0 aromatic heterocycles. The number of hydrogen-bond donors (Lipinski definition) is 0. The fraction of sp³-hybridized carbons (Fsp3) is 0.429. The molecule has 1 fully saturated rings. The Morgan fingerprint density at radius 3 is 2.03 bits per heavy atom. The molecule has 1 atom stereocenters. The van der Waals surface area contributed by atoms with Crippen LogP contribution in [0.25, 0.3) is 0 Å². The van der Waals surface area contributed by atoms with Gasteiger partial charge in [0, 0.05) is 24.7 Å². The summed E-state index contributed by atoms with van der Waals surface area (Å²) >= 11 is 0. The molecule has 0 spiro atoms. The summed E-state index contributed by atoms with van der Waals surface area (Å²) in [4.78, 5) is 0. The average Bonchev–Trinajstić information content (AvgIpc) is 2.87. The molecule has 1 saturated heterocycles. The number of nitrogens with zero attached hydrogens (tertiary/aromatic N) is 2. The highest BCUT2D eigenvalue weighted by Crippen LogP contribution is 2.34. The van der Waals surface area contributed by atoms with E-state index in [9.17, 15) is 21.6 Å². The lowest BCUT2D eigenvalue weighted by molar-refractivity contribution is -0.137. The Morgan fingerprint density at radius 2 is 1.52 bits per heavy atom. The van der Waals surface area contributed by atoms with Crippen LogP contribution in [-0.2, 0) is 29.4 Å². The second-order valence-corrected chi connectivity index (χ2v) is 10.1. The molecule has 0 radical (unpaired) electrons. The molecule has 4 nitrogen and oxygen atoms in total. The van der Waals surface area contributed by atoms with Crippen molar-refractivity contribution in [1.82, 2.24) is 8.61 Å². The monoisotopic (exact) mass is 426 g/mol. The highest BCUT2D eigenvalue weighted by atomic mass is 32.2. The first-order valence-corrected chi connectivity index (χ1v) is 10.8. The summed E-state index contributed by atoms with van der Waals surface area (Å²) in [5.41, 5.74) is 0.233. The first kappa shape index (κ1) is 21.8. The standard InChI is InChI=1S/C21H25F3N2O2S/c1-20(2,3)26-15-19(13-16-9-11-18(12-10-16)21(22,23)24)25(29(26,27)28)14-17-7-5-4-6-8-17/h4-12,19H,13-15H2,1-3H3/t19-/m0/s1. The van der Waals surface area contributed by atoms with Gasteiger partial charge in [0.05, 0.1) is 5.56 Å². The Labute approximate surface area is 170 Å². The Morgan fingerprint density at radius 1 is 0.931 bits per heavy atom. The fourth-order valence-electron chi connectivity index (χ4n) is 3.55. The lowest BCUT2D eigenvalue weighted by Gasteiger charge is -2.30.